The molecule has 0 heterocycles. The number of benzene rings is 1. The first-order chi connectivity index (χ1) is 9.76. The number of rotatable bonds is 6. The number of hydrogen-bond donors (Lipinski definition) is 3. The van der Waals surface area contributed by atoms with Gasteiger partial charge in [0.15, 0.2) is 0 Å². The molecular weight excluding hydrogens is 266 g/mol. The molecule has 0 saturated heterocycles. The molecule has 1 rings (SSSR count). The lowest BCUT2D eigenvalue weighted by Gasteiger charge is -2.24. The number of anilines is 1. The van der Waals surface area contributed by atoms with Crippen molar-refractivity contribution in [1.82, 2.24) is 10.6 Å². The van der Waals surface area contributed by atoms with Crippen LogP contribution in [0.15, 0.2) is 24.3 Å². The van der Waals surface area contributed by atoms with Gasteiger partial charge in [0.2, 0.25) is 5.91 Å². The van der Waals surface area contributed by atoms with Gasteiger partial charge in [0.1, 0.15) is 0 Å². The topological polar surface area (TPSA) is 70.2 Å². The second-order valence-corrected chi connectivity index (χ2v) is 5.82. The summed E-state index contributed by atoms with van der Waals surface area (Å²) in [6.07, 6.45) is 0. The molecule has 0 unspecified atom stereocenters. The van der Waals surface area contributed by atoms with Gasteiger partial charge in [-0.3, -0.25) is 9.59 Å². The van der Waals surface area contributed by atoms with Crippen molar-refractivity contribution in [3.8, 4) is 0 Å². The summed E-state index contributed by atoms with van der Waals surface area (Å²) in [6, 6.07) is 7.00. The predicted molar refractivity (Wildman–Crippen MR) is 85.4 cm³/mol. The molecule has 0 atom stereocenters. The van der Waals surface area contributed by atoms with Gasteiger partial charge in [-0.15, -0.1) is 0 Å². The Kier molecular flexibility index (Phi) is 5.90. The minimum Gasteiger partial charge on any atom is -0.350 e. The lowest BCUT2D eigenvalue weighted by atomic mass is 10.0. The summed E-state index contributed by atoms with van der Waals surface area (Å²) in [5.74, 6) is -0.280. The molecule has 0 spiro atoms. The maximum Gasteiger partial charge on any atom is 0.251 e. The average molecular weight is 291 g/mol. The molecule has 116 valence electrons. The summed E-state index contributed by atoms with van der Waals surface area (Å²) in [5.41, 5.74) is 0.482. The Morgan fingerprint density at radius 1 is 1.24 bits per heavy atom. The normalized spacial score (nSPS) is 11.3. The lowest BCUT2D eigenvalue weighted by Crippen LogP contribution is -2.49. The first-order valence-corrected chi connectivity index (χ1v) is 7.23. The van der Waals surface area contributed by atoms with Crippen molar-refractivity contribution < 1.29 is 9.59 Å². The van der Waals surface area contributed by atoms with Crippen molar-refractivity contribution in [1.29, 1.82) is 0 Å². The van der Waals surface area contributed by atoms with E-state index in [9.17, 15) is 9.59 Å². The summed E-state index contributed by atoms with van der Waals surface area (Å²) in [7, 11) is 0. The van der Waals surface area contributed by atoms with E-state index in [0.29, 0.717) is 17.8 Å². The van der Waals surface area contributed by atoms with Crippen LogP contribution in [0.25, 0.3) is 0 Å². The van der Waals surface area contributed by atoms with E-state index in [1.807, 2.05) is 34.6 Å². The highest BCUT2D eigenvalue weighted by atomic mass is 16.2. The first-order valence-electron chi connectivity index (χ1n) is 7.23. The quantitative estimate of drug-likeness (QED) is 0.752. The van der Waals surface area contributed by atoms with E-state index >= 15 is 0 Å². The van der Waals surface area contributed by atoms with Gasteiger partial charge in [0.05, 0.1) is 5.54 Å². The Balaban J connectivity index is 2.82. The number of nitrogens with one attached hydrogen (secondary N) is 3. The zero-order valence-corrected chi connectivity index (χ0v) is 13.4. The molecule has 0 aliphatic carbocycles. The molecule has 0 aromatic heterocycles. The minimum atomic E-state index is -0.662. The van der Waals surface area contributed by atoms with Gasteiger partial charge in [-0.2, -0.15) is 0 Å². The highest BCUT2D eigenvalue weighted by molar-refractivity contribution is 6.00. The van der Waals surface area contributed by atoms with Crippen LogP contribution < -0.4 is 16.0 Å². The van der Waals surface area contributed by atoms with Gasteiger partial charge >= 0.3 is 0 Å². The van der Waals surface area contributed by atoms with Crippen LogP contribution in [0.4, 0.5) is 5.69 Å². The monoisotopic (exact) mass is 291 g/mol. The van der Waals surface area contributed by atoms with Gasteiger partial charge in [-0.1, -0.05) is 13.0 Å². The predicted octanol–water partition coefficient (Wildman–Crippen LogP) is 2.15. The van der Waals surface area contributed by atoms with Gasteiger partial charge < -0.3 is 16.0 Å². The van der Waals surface area contributed by atoms with Crippen molar-refractivity contribution >= 4 is 17.5 Å². The summed E-state index contributed by atoms with van der Waals surface area (Å²) >= 11 is 0. The van der Waals surface area contributed by atoms with E-state index in [1.165, 1.54) is 0 Å². The Labute approximate surface area is 126 Å². The SMILES string of the molecule is CCNC(C)(C)C(=O)Nc1cccc(C(=O)NC(C)C)c1. The maximum atomic E-state index is 12.2. The van der Waals surface area contributed by atoms with Gasteiger partial charge in [0, 0.05) is 17.3 Å². The summed E-state index contributed by atoms with van der Waals surface area (Å²) < 4.78 is 0. The van der Waals surface area contributed by atoms with Crippen LogP contribution in [0.1, 0.15) is 45.0 Å². The molecule has 0 aliphatic rings. The lowest BCUT2D eigenvalue weighted by molar-refractivity contribution is -0.121. The second-order valence-electron chi connectivity index (χ2n) is 5.82. The van der Waals surface area contributed by atoms with E-state index in [2.05, 4.69) is 16.0 Å². The molecule has 0 radical (unpaired) electrons. The third-order valence-corrected chi connectivity index (χ3v) is 2.99. The molecule has 21 heavy (non-hydrogen) atoms. The Morgan fingerprint density at radius 3 is 2.48 bits per heavy atom. The van der Waals surface area contributed by atoms with Gasteiger partial charge in [0.25, 0.3) is 5.91 Å². The summed E-state index contributed by atoms with van der Waals surface area (Å²) in [4.78, 5) is 24.2. The van der Waals surface area contributed by atoms with E-state index in [0.717, 1.165) is 0 Å². The first kappa shape index (κ1) is 17.2. The summed E-state index contributed by atoms with van der Waals surface area (Å²) in [6.45, 7) is 10.1. The average Bonchev–Trinajstić information content (AvgIpc) is 2.38. The van der Waals surface area contributed by atoms with Gasteiger partial charge in [-0.25, -0.2) is 0 Å². The van der Waals surface area contributed by atoms with Crippen molar-refractivity contribution in [2.24, 2.45) is 0 Å². The molecule has 3 N–H and O–H groups in total. The number of likely N-dealkylation sites (N-methyl/N-ethyl adjacent to an activating group) is 1. The highest BCUT2D eigenvalue weighted by Gasteiger charge is 2.26. The maximum absolute atomic E-state index is 12.2. The highest BCUT2D eigenvalue weighted by Crippen LogP contribution is 2.13. The molecule has 2 amide bonds. The van der Waals surface area contributed by atoms with Crippen molar-refractivity contribution in [3.05, 3.63) is 29.8 Å². The van der Waals surface area contributed by atoms with Crippen LogP contribution in [0.5, 0.6) is 0 Å². The fraction of sp³-hybridized carbons (Fsp3) is 0.500. The van der Waals surface area contributed by atoms with Crippen molar-refractivity contribution in [3.63, 3.8) is 0 Å². The molecule has 5 nitrogen and oxygen atoms in total. The fourth-order valence-electron chi connectivity index (χ4n) is 1.89. The van der Waals surface area contributed by atoms with E-state index in [4.69, 9.17) is 0 Å². The number of hydrogen-bond acceptors (Lipinski definition) is 3. The summed E-state index contributed by atoms with van der Waals surface area (Å²) in [5, 5.41) is 8.77. The third-order valence-electron chi connectivity index (χ3n) is 2.99. The Hall–Kier alpha value is -1.88. The van der Waals surface area contributed by atoms with Crippen molar-refractivity contribution in [2.75, 3.05) is 11.9 Å². The fourth-order valence-corrected chi connectivity index (χ4v) is 1.89. The molecule has 5 heteroatoms. The zero-order valence-electron chi connectivity index (χ0n) is 13.4. The van der Waals surface area contributed by atoms with Crippen LogP contribution in [0.2, 0.25) is 0 Å². The number of carbonyl (C=O) groups is 2. The van der Waals surface area contributed by atoms with Crippen molar-refractivity contribution in [2.45, 2.75) is 46.2 Å². The molecule has 1 aromatic carbocycles. The van der Waals surface area contributed by atoms with Crippen LogP contribution in [0.3, 0.4) is 0 Å². The molecule has 0 bridgehead atoms. The zero-order chi connectivity index (χ0) is 16.0. The van der Waals surface area contributed by atoms with E-state index < -0.39 is 5.54 Å². The van der Waals surface area contributed by atoms with Crippen LogP contribution in [-0.2, 0) is 4.79 Å². The van der Waals surface area contributed by atoms with Crippen LogP contribution in [0, 0.1) is 0 Å². The largest absolute Gasteiger partial charge is 0.350 e. The number of amides is 2. The molecule has 1 aromatic rings. The molecule has 0 saturated carbocycles. The van der Waals surface area contributed by atoms with Crippen LogP contribution in [-0.4, -0.2) is 29.9 Å². The molecule has 0 aliphatic heterocycles. The second kappa shape index (κ2) is 7.22. The molecule has 0 fully saturated rings. The Morgan fingerprint density at radius 2 is 1.90 bits per heavy atom. The minimum absolute atomic E-state index is 0.0726. The van der Waals surface area contributed by atoms with E-state index in [-0.39, 0.29) is 17.9 Å². The standard InChI is InChI=1S/C16H25N3O2/c1-6-17-16(4,5)15(21)19-13-9-7-8-12(10-13)14(20)18-11(2)3/h7-11,17H,6H2,1-5H3,(H,18,20)(H,19,21). The Bertz CT molecular complexity index is 510. The van der Waals surface area contributed by atoms with Gasteiger partial charge in [-0.05, 0) is 52.4 Å². The van der Waals surface area contributed by atoms with Crippen LogP contribution >= 0.6 is 0 Å². The molecular formula is C16H25N3O2. The van der Waals surface area contributed by atoms with E-state index in [1.54, 1.807) is 24.3 Å². The third kappa shape index (κ3) is 5.19. The smallest absolute Gasteiger partial charge is 0.251 e. The number of carbonyl (C=O) groups excluding carboxylic acids is 2.